The Morgan fingerprint density at radius 3 is 1.09 bits per heavy atom. The van der Waals surface area contributed by atoms with E-state index < -0.39 is 11.9 Å². The molecule has 0 saturated carbocycles. The van der Waals surface area contributed by atoms with Crippen LogP contribution in [-0.4, -0.2) is 11.9 Å². The number of hydrogen-bond donors (Lipinski definition) is 0. The molecule has 0 saturated heterocycles. The monoisotopic (exact) mass is 607 g/mol. The van der Waals surface area contributed by atoms with Crippen LogP contribution < -0.4 is 14.4 Å². The summed E-state index contributed by atoms with van der Waals surface area (Å²) in [6, 6.07) is 41.3. The maximum absolute atomic E-state index is 11.4. The summed E-state index contributed by atoms with van der Waals surface area (Å²) < 4.78 is 10.3. The van der Waals surface area contributed by atoms with Crippen LogP contribution in [0.5, 0.6) is 11.5 Å². The summed E-state index contributed by atoms with van der Waals surface area (Å²) >= 11 is 0. The van der Waals surface area contributed by atoms with Crippen LogP contribution in [0.4, 0.5) is 17.1 Å². The van der Waals surface area contributed by atoms with Crippen LogP contribution in [0.15, 0.2) is 147 Å². The van der Waals surface area contributed by atoms with Crippen LogP contribution in [0, 0.1) is 6.92 Å². The van der Waals surface area contributed by atoms with Gasteiger partial charge in [0.05, 0.1) is 0 Å². The normalized spacial score (nSPS) is 10.5. The lowest BCUT2D eigenvalue weighted by atomic mass is 10.0. The summed E-state index contributed by atoms with van der Waals surface area (Å²) in [6.07, 6.45) is 5.87. The van der Waals surface area contributed by atoms with Crippen LogP contribution in [-0.2, 0) is 35.3 Å². The fourth-order valence-corrected chi connectivity index (χ4v) is 5.11. The molecular formula is C41H37NO4. The molecule has 0 unspecified atom stereocenters. The average Bonchev–Trinajstić information content (AvgIpc) is 3.09. The molecule has 0 bridgehead atoms. The minimum Gasteiger partial charge on any atom is -0.423 e. The van der Waals surface area contributed by atoms with Crippen LogP contribution in [0.25, 0.3) is 0 Å². The molecule has 0 N–H and O–H groups in total. The van der Waals surface area contributed by atoms with Crippen LogP contribution in [0.3, 0.4) is 0 Å². The Hall–Kier alpha value is -5.68. The Morgan fingerprint density at radius 2 is 0.783 bits per heavy atom. The van der Waals surface area contributed by atoms with Crippen LogP contribution in [0.2, 0.25) is 0 Å². The van der Waals surface area contributed by atoms with E-state index in [9.17, 15) is 9.59 Å². The first-order chi connectivity index (χ1) is 22.4. The number of nitrogens with zero attached hydrogens (tertiary/aromatic N) is 1. The zero-order chi connectivity index (χ0) is 32.3. The number of ether oxygens (including phenoxy) is 2. The van der Waals surface area contributed by atoms with Gasteiger partial charge in [-0.15, -0.1) is 0 Å². The predicted molar refractivity (Wildman–Crippen MR) is 185 cm³/mol. The number of hydrogen-bond acceptors (Lipinski definition) is 5. The highest BCUT2D eigenvalue weighted by Gasteiger charge is 2.13. The van der Waals surface area contributed by atoms with E-state index in [1.54, 1.807) is 0 Å². The van der Waals surface area contributed by atoms with Crippen LogP contribution in [0.1, 0.15) is 27.8 Å². The molecule has 0 heterocycles. The van der Waals surface area contributed by atoms with E-state index in [-0.39, 0.29) is 0 Å². The molecule has 0 fully saturated rings. The molecule has 0 amide bonds. The first-order valence-electron chi connectivity index (χ1n) is 15.3. The summed E-state index contributed by atoms with van der Waals surface area (Å²) in [5, 5.41) is 0. The minimum absolute atomic E-state index is 0.460. The maximum atomic E-state index is 11.4. The smallest absolute Gasteiger partial charge is 0.335 e. The Kier molecular flexibility index (Phi) is 10.6. The van der Waals surface area contributed by atoms with E-state index >= 15 is 0 Å². The zero-order valence-corrected chi connectivity index (χ0v) is 26.0. The number of anilines is 3. The van der Waals surface area contributed by atoms with E-state index in [0.717, 1.165) is 54.9 Å². The lowest BCUT2D eigenvalue weighted by Gasteiger charge is -2.26. The van der Waals surface area contributed by atoms with Gasteiger partial charge in [0.15, 0.2) is 0 Å². The quantitative estimate of drug-likeness (QED) is 0.0759. The van der Waals surface area contributed by atoms with Crippen molar-refractivity contribution in [2.75, 3.05) is 4.90 Å². The Morgan fingerprint density at radius 1 is 0.500 bits per heavy atom. The van der Waals surface area contributed by atoms with Crippen molar-refractivity contribution in [1.82, 2.24) is 0 Å². The predicted octanol–water partition coefficient (Wildman–Crippen LogP) is 9.22. The van der Waals surface area contributed by atoms with Gasteiger partial charge in [-0.2, -0.15) is 0 Å². The van der Waals surface area contributed by atoms with Gasteiger partial charge < -0.3 is 14.4 Å². The molecule has 0 aliphatic rings. The Balaban J connectivity index is 1.25. The van der Waals surface area contributed by atoms with E-state index in [4.69, 9.17) is 9.47 Å². The van der Waals surface area contributed by atoms with Gasteiger partial charge in [-0.05, 0) is 116 Å². The lowest BCUT2D eigenvalue weighted by molar-refractivity contribution is -0.129. The van der Waals surface area contributed by atoms with Crippen molar-refractivity contribution in [2.24, 2.45) is 0 Å². The Labute approximate surface area is 271 Å². The SMILES string of the molecule is C=CC(=O)Oc1ccc(CCc2ccc(N(c3ccc(C)cc3)c3ccc(CCc4ccc(OC(=O)C=C)cc4)cc3)cc2)cc1. The molecule has 5 heteroatoms. The zero-order valence-electron chi connectivity index (χ0n) is 26.0. The van der Waals surface area contributed by atoms with E-state index in [2.05, 4.69) is 97.8 Å². The van der Waals surface area contributed by atoms with Crippen molar-refractivity contribution in [3.05, 3.63) is 174 Å². The van der Waals surface area contributed by atoms with Gasteiger partial charge in [0.25, 0.3) is 0 Å². The molecule has 0 aromatic heterocycles. The van der Waals surface area contributed by atoms with Crippen molar-refractivity contribution in [3.63, 3.8) is 0 Å². The summed E-state index contributed by atoms with van der Waals surface area (Å²) in [5.74, 6) is 0.111. The van der Waals surface area contributed by atoms with Crippen molar-refractivity contribution < 1.29 is 19.1 Å². The van der Waals surface area contributed by atoms with E-state index in [0.29, 0.717) is 11.5 Å². The molecule has 5 aromatic rings. The van der Waals surface area contributed by atoms with Crippen molar-refractivity contribution in [3.8, 4) is 11.5 Å². The number of benzene rings is 5. The van der Waals surface area contributed by atoms with E-state index in [1.807, 2.05) is 48.5 Å². The van der Waals surface area contributed by atoms with Gasteiger partial charge in [-0.25, -0.2) is 9.59 Å². The second kappa shape index (κ2) is 15.4. The number of esters is 2. The highest BCUT2D eigenvalue weighted by molar-refractivity contribution is 5.83. The van der Waals surface area contributed by atoms with Crippen molar-refractivity contribution in [2.45, 2.75) is 32.6 Å². The number of rotatable bonds is 13. The molecule has 0 radical (unpaired) electrons. The third kappa shape index (κ3) is 8.70. The van der Waals surface area contributed by atoms with Gasteiger partial charge in [0.1, 0.15) is 11.5 Å². The second-order valence-corrected chi connectivity index (χ2v) is 11.0. The summed E-state index contributed by atoms with van der Waals surface area (Å²) in [5.41, 5.74) is 9.34. The molecule has 0 spiro atoms. The lowest BCUT2D eigenvalue weighted by Crippen LogP contribution is -2.10. The number of aryl methyl sites for hydroxylation is 5. The van der Waals surface area contributed by atoms with Gasteiger partial charge in [0.2, 0.25) is 0 Å². The molecule has 5 rings (SSSR count). The Bertz CT molecular complexity index is 1660. The first-order valence-corrected chi connectivity index (χ1v) is 15.3. The number of carbonyl (C=O) groups excluding carboxylic acids is 2. The van der Waals surface area contributed by atoms with Crippen molar-refractivity contribution >= 4 is 29.0 Å². The molecule has 0 atom stereocenters. The average molecular weight is 608 g/mol. The topological polar surface area (TPSA) is 55.8 Å². The first kappa shape index (κ1) is 31.7. The molecule has 46 heavy (non-hydrogen) atoms. The minimum atomic E-state index is -0.460. The van der Waals surface area contributed by atoms with Crippen LogP contribution >= 0.6 is 0 Å². The second-order valence-electron chi connectivity index (χ2n) is 11.0. The van der Waals surface area contributed by atoms with Crippen molar-refractivity contribution in [1.29, 1.82) is 0 Å². The fourth-order valence-electron chi connectivity index (χ4n) is 5.11. The third-order valence-corrected chi connectivity index (χ3v) is 7.70. The molecular weight excluding hydrogens is 570 g/mol. The molecule has 5 aromatic carbocycles. The summed E-state index contributed by atoms with van der Waals surface area (Å²) in [4.78, 5) is 25.1. The fraction of sp³-hybridized carbons (Fsp3) is 0.122. The number of carbonyl (C=O) groups is 2. The van der Waals surface area contributed by atoms with Gasteiger partial charge in [-0.1, -0.05) is 79.4 Å². The summed E-state index contributed by atoms with van der Waals surface area (Å²) in [7, 11) is 0. The third-order valence-electron chi connectivity index (χ3n) is 7.70. The largest absolute Gasteiger partial charge is 0.423 e. The van der Waals surface area contributed by atoms with Gasteiger partial charge in [0, 0.05) is 29.2 Å². The molecule has 0 aliphatic heterocycles. The van der Waals surface area contributed by atoms with Gasteiger partial charge in [-0.3, -0.25) is 0 Å². The van der Waals surface area contributed by atoms with E-state index in [1.165, 1.54) is 27.8 Å². The molecule has 230 valence electrons. The standard InChI is InChI=1S/C41H37NO4/c1-4-40(43)45-38-26-16-33(17-27-38)10-8-31-12-22-36(23-13-31)42(35-20-6-30(3)7-21-35)37-24-14-32(15-25-37)9-11-34-18-28-39(29-19-34)46-41(44)5-2/h4-7,12-29H,1-2,8-11H2,3H3. The maximum Gasteiger partial charge on any atom is 0.335 e. The highest BCUT2D eigenvalue weighted by Crippen LogP contribution is 2.35. The molecule has 5 nitrogen and oxygen atoms in total. The highest BCUT2D eigenvalue weighted by atomic mass is 16.5. The summed E-state index contributed by atoms with van der Waals surface area (Å²) in [6.45, 7) is 8.96. The van der Waals surface area contributed by atoms with Gasteiger partial charge >= 0.3 is 11.9 Å². The molecule has 0 aliphatic carbocycles.